The van der Waals surface area contributed by atoms with Crippen molar-refractivity contribution in [3.8, 4) is 5.75 Å². The number of nitrogens with two attached hydrogens (primary N) is 2. The highest BCUT2D eigenvalue weighted by molar-refractivity contribution is 5.49. The molecule has 0 bridgehead atoms. The van der Waals surface area contributed by atoms with Crippen molar-refractivity contribution in [2.45, 2.75) is 46.0 Å². The van der Waals surface area contributed by atoms with Crippen molar-refractivity contribution < 1.29 is 4.74 Å². The molecule has 4 N–H and O–H groups in total. The molecule has 0 aliphatic rings. The Bertz CT molecular complexity index is 643. The molecule has 1 aromatic heterocycles. The van der Waals surface area contributed by atoms with Gasteiger partial charge in [-0.1, -0.05) is 38.8 Å². The third kappa shape index (κ3) is 4.12. The van der Waals surface area contributed by atoms with Crippen LogP contribution in [0.2, 0.25) is 0 Å². The molecule has 0 amide bonds. The lowest BCUT2D eigenvalue weighted by molar-refractivity contribution is 0.403. The zero-order valence-corrected chi connectivity index (χ0v) is 14.2. The van der Waals surface area contributed by atoms with Crippen molar-refractivity contribution in [3.63, 3.8) is 0 Å². The van der Waals surface area contributed by atoms with E-state index in [-0.39, 0.29) is 5.95 Å². The molecule has 0 spiro atoms. The van der Waals surface area contributed by atoms with Crippen molar-refractivity contribution in [3.05, 3.63) is 40.6 Å². The number of nitrogens with zero attached hydrogens (tertiary/aromatic N) is 2. The summed E-state index contributed by atoms with van der Waals surface area (Å²) in [6, 6.07) is 4.41. The van der Waals surface area contributed by atoms with Crippen LogP contribution in [0.1, 0.15) is 48.9 Å². The fourth-order valence-corrected chi connectivity index (χ4v) is 2.89. The van der Waals surface area contributed by atoms with Crippen LogP contribution in [0.4, 0.5) is 11.8 Å². The SMILES string of the molecule is CCCc1cc(Cc2cnc(N)nc2N)cc(CCC)c1OC. The lowest BCUT2D eigenvalue weighted by Crippen LogP contribution is -2.05. The van der Waals surface area contributed by atoms with Crippen LogP contribution in [0.5, 0.6) is 5.75 Å². The van der Waals surface area contributed by atoms with E-state index in [0.717, 1.165) is 37.0 Å². The quantitative estimate of drug-likeness (QED) is 0.819. The van der Waals surface area contributed by atoms with Crippen LogP contribution >= 0.6 is 0 Å². The molecule has 0 radical (unpaired) electrons. The number of rotatable bonds is 7. The van der Waals surface area contributed by atoms with Gasteiger partial charge in [0.05, 0.1) is 7.11 Å². The zero-order valence-electron chi connectivity index (χ0n) is 14.2. The average Bonchev–Trinajstić information content (AvgIpc) is 2.51. The summed E-state index contributed by atoms with van der Waals surface area (Å²) in [5.74, 6) is 1.68. The van der Waals surface area contributed by atoms with Gasteiger partial charge >= 0.3 is 0 Å². The van der Waals surface area contributed by atoms with Crippen molar-refractivity contribution in [1.29, 1.82) is 0 Å². The van der Waals surface area contributed by atoms with E-state index in [4.69, 9.17) is 16.2 Å². The lowest BCUT2D eigenvalue weighted by atomic mass is 9.95. The van der Waals surface area contributed by atoms with Crippen LogP contribution in [0.15, 0.2) is 18.3 Å². The molecule has 5 heteroatoms. The first-order valence-electron chi connectivity index (χ1n) is 8.14. The molecule has 0 atom stereocenters. The maximum atomic E-state index is 5.96. The second-order valence-electron chi connectivity index (χ2n) is 5.76. The number of benzene rings is 1. The minimum absolute atomic E-state index is 0.208. The number of hydrogen-bond acceptors (Lipinski definition) is 5. The Morgan fingerprint density at radius 2 is 1.61 bits per heavy atom. The topological polar surface area (TPSA) is 87.0 Å². The van der Waals surface area contributed by atoms with Gasteiger partial charge in [-0.15, -0.1) is 0 Å². The Morgan fingerprint density at radius 1 is 1.00 bits per heavy atom. The van der Waals surface area contributed by atoms with Gasteiger partial charge in [0.2, 0.25) is 5.95 Å². The molecule has 0 saturated carbocycles. The van der Waals surface area contributed by atoms with Gasteiger partial charge in [-0.25, -0.2) is 4.98 Å². The van der Waals surface area contributed by atoms with Gasteiger partial charge in [-0.3, -0.25) is 0 Å². The smallest absolute Gasteiger partial charge is 0.221 e. The minimum Gasteiger partial charge on any atom is -0.496 e. The molecule has 0 saturated heterocycles. The molecule has 5 nitrogen and oxygen atoms in total. The second kappa shape index (κ2) is 7.81. The largest absolute Gasteiger partial charge is 0.496 e. The average molecular weight is 314 g/mol. The van der Waals surface area contributed by atoms with E-state index in [1.165, 1.54) is 16.7 Å². The van der Waals surface area contributed by atoms with Crippen LogP contribution in [0, 0.1) is 0 Å². The summed E-state index contributed by atoms with van der Waals surface area (Å²) in [6.45, 7) is 4.36. The molecule has 0 aliphatic heterocycles. The van der Waals surface area contributed by atoms with E-state index in [9.17, 15) is 0 Å². The van der Waals surface area contributed by atoms with E-state index in [2.05, 4.69) is 35.9 Å². The van der Waals surface area contributed by atoms with Gasteiger partial charge < -0.3 is 16.2 Å². The normalized spacial score (nSPS) is 10.7. The van der Waals surface area contributed by atoms with Crippen molar-refractivity contribution in [2.75, 3.05) is 18.6 Å². The number of aryl methyl sites for hydroxylation is 2. The number of ether oxygens (including phenoxy) is 1. The highest BCUT2D eigenvalue weighted by atomic mass is 16.5. The molecule has 23 heavy (non-hydrogen) atoms. The maximum Gasteiger partial charge on any atom is 0.221 e. The number of nitrogen functional groups attached to an aromatic ring is 2. The van der Waals surface area contributed by atoms with Gasteiger partial charge in [0.15, 0.2) is 0 Å². The Morgan fingerprint density at radius 3 is 2.09 bits per heavy atom. The third-order valence-corrected chi connectivity index (χ3v) is 3.86. The fourth-order valence-electron chi connectivity index (χ4n) is 2.89. The predicted octanol–water partition coefficient (Wildman–Crippen LogP) is 3.15. The van der Waals surface area contributed by atoms with Crippen molar-refractivity contribution >= 4 is 11.8 Å². The molecule has 1 aromatic carbocycles. The summed E-state index contributed by atoms with van der Waals surface area (Å²) in [5.41, 5.74) is 16.1. The third-order valence-electron chi connectivity index (χ3n) is 3.86. The maximum absolute atomic E-state index is 5.96. The molecule has 2 rings (SSSR count). The van der Waals surface area contributed by atoms with Gasteiger partial charge in [0.1, 0.15) is 11.6 Å². The summed E-state index contributed by atoms with van der Waals surface area (Å²) < 4.78 is 5.66. The summed E-state index contributed by atoms with van der Waals surface area (Å²) in [4.78, 5) is 8.09. The molecule has 0 fully saturated rings. The van der Waals surface area contributed by atoms with E-state index < -0.39 is 0 Å². The first kappa shape index (κ1) is 17.1. The summed E-state index contributed by atoms with van der Waals surface area (Å²) in [7, 11) is 1.75. The second-order valence-corrected chi connectivity index (χ2v) is 5.76. The summed E-state index contributed by atoms with van der Waals surface area (Å²) in [5, 5.41) is 0. The molecular weight excluding hydrogens is 288 g/mol. The Hall–Kier alpha value is -2.30. The highest BCUT2D eigenvalue weighted by Gasteiger charge is 2.12. The number of methoxy groups -OCH3 is 1. The summed E-state index contributed by atoms with van der Waals surface area (Å²) >= 11 is 0. The number of hydrogen-bond donors (Lipinski definition) is 2. The molecule has 0 aliphatic carbocycles. The van der Waals surface area contributed by atoms with Crippen molar-refractivity contribution in [2.24, 2.45) is 0 Å². The van der Waals surface area contributed by atoms with Crippen LogP contribution in [-0.4, -0.2) is 17.1 Å². The van der Waals surface area contributed by atoms with E-state index in [0.29, 0.717) is 12.2 Å². The standard InChI is InChI=1S/C18H26N4O/c1-4-6-13-8-12(9-14(7-5-2)16(13)23-3)10-15-11-21-18(20)22-17(15)19/h8-9,11H,4-7,10H2,1-3H3,(H4,19,20,21,22). The molecular formula is C18H26N4O. The zero-order chi connectivity index (χ0) is 16.8. The van der Waals surface area contributed by atoms with Crippen LogP contribution < -0.4 is 16.2 Å². The minimum atomic E-state index is 0.208. The Labute approximate surface area is 138 Å². The molecule has 0 unspecified atom stereocenters. The van der Waals surface area contributed by atoms with Crippen molar-refractivity contribution in [1.82, 2.24) is 9.97 Å². The van der Waals surface area contributed by atoms with Crippen LogP contribution in [0.25, 0.3) is 0 Å². The Balaban J connectivity index is 2.41. The number of anilines is 2. The van der Waals surface area contributed by atoms with Gasteiger partial charge in [-0.05, 0) is 29.5 Å². The van der Waals surface area contributed by atoms with E-state index >= 15 is 0 Å². The van der Waals surface area contributed by atoms with Gasteiger partial charge in [0.25, 0.3) is 0 Å². The van der Waals surface area contributed by atoms with E-state index in [1.807, 2.05) is 0 Å². The summed E-state index contributed by atoms with van der Waals surface area (Å²) in [6.07, 6.45) is 6.57. The van der Waals surface area contributed by atoms with Gasteiger partial charge in [0, 0.05) is 18.2 Å². The number of aromatic nitrogens is 2. The Kier molecular flexibility index (Phi) is 5.79. The van der Waals surface area contributed by atoms with E-state index in [1.54, 1.807) is 13.3 Å². The van der Waals surface area contributed by atoms with Crippen LogP contribution in [-0.2, 0) is 19.3 Å². The van der Waals surface area contributed by atoms with Crippen LogP contribution in [0.3, 0.4) is 0 Å². The fraction of sp³-hybridized carbons (Fsp3) is 0.444. The predicted molar refractivity (Wildman–Crippen MR) is 94.6 cm³/mol. The molecule has 2 aromatic rings. The first-order chi connectivity index (χ1) is 11.1. The molecule has 1 heterocycles. The monoisotopic (exact) mass is 314 g/mol. The molecule has 124 valence electrons. The van der Waals surface area contributed by atoms with Gasteiger partial charge in [-0.2, -0.15) is 4.98 Å². The lowest BCUT2D eigenvalue weighted by Gasteiger charge is -2.16. The first-order valence-corrected chi connectivity index (χ1v) is 8.14. The highest BCUT2D eigenvalue weighted by Crippen LogP contribution is 2.29.